The normalized spacial score (nSPS) is 15.9. The molecule has 0 spiro atoms. The second-order valence-corrected chi connectivity index (χ2v) is 9.59. The molecule has 2 N–H and O–H groups in total. The van der Waals surface area contributed by atoms with Crippen LogP contribution < -0.4 is 10.2 Å². The number of benzene rings is 2. The molecule has 1 aliphatic rings. The molecule has 0 bridgehead atoms. The van der Waals surface area contributed by atoms with Crippen molar-refractivity contribution in [2.75, 3.05) is 18.0 Å². The van der Waals surface area contributed by atoms with Gasteiger partial charge >= 0.3 is 6.18 Å². The minimum atomic E-state index is -4.78. The monoisotopic (exact) mass is 509 g/mol. The van der Waals surface area contributed by atoms with E-state index in [-0.39, 0.29) is 17.4 Å². The molecule has 0 radical (unpaired) electrons. The molecule has 2 aromatic carbocycles. The average molecular weight is 510 g/mol. The molecule has 1 saturated heterocycles. The zero-order valence-corrected chi connectivity index (χ0v) is 20.3. The Bertz CT molecular complexity index is 1420. The van der Waals surface area contributed by atoms with E-state index >= 15 is 0 Å². The molecular formula is C27H26F3N5O2. The molecule has 3 heterocycles. The summed E-state index contributed by atoms with van der Waals surface area (Å²) in [5.74, 6) is 0.525. The number of carbonyl (C=O) groups excluding carboxylic acids is 1. The van der Waals surface area contributed by atoms with Gasteiger partial charge in [0.2, 0.25) is 5.91 Å². The Morgan fingerprint density at radius 2 is 1.76 bits per heavy atom. The maximum Gasteiger partial charge on any atom is 0.421 e. The van der Waals surface area contributed by atoms with Crippen LogP contribution in [0, 0.1) is 12.8 Å². The van der Waals surface area contributed by atoms with Crippen LogP contribution >= 0.6 is 0 Å². The first kappa shape index (κ1) is 24.8. The number of anilines is 1. The highest BCUT2D eigenvalue weighted by molar-refractivity contribution is 5.84. The van der Waals surface area contributed by atoms with E-state index < -0.39 is 11.8 Å². The molecule has 1 atom stereocenters. The topological polar surface area (TPSA) is 82.8 Å². The third-order valence-electron chi connectivity index (χ3n) is 6.86. The summed E-state index contributed by atoms with van der Waals surface area (Å²) in [5.41, 5.74) is 1.19. The van der Waals surface area contributed by atoms with Crippen molar-refractivity contribution in [1.82, 2.24) is 19.9 Å². The summed E-state index contributed by atoms with van der Waals surface area (Å²) in [6, 6.07) is 15.5. The lowest BCUT2D eigenvalue weighted by atomic mass is 9.93. The largest absolute Gasteiger partial charge is 0.421 e. The van der Waals surface area contributed by atoms with Gasteiger partial charge in [-0.3, -0.25) is 4.79 Å². The number of nitrogens with one attached hydrogen (secondary N) is 1. The highest BCUT2D eigenvalue weighted by Gasteiger charge is 2.51. The highest BCUT2D eigenvalue weighted by atomic mass is 19.4. The van der Waals surface area contributed by atoms with Crippen molar-refractivity contribution < 1.29 is 23.1 Å². The van der Waals surface area contributed by atoms with Crippen LogP contribution in [0.2, 0.25) is 0 Å². The molecule has 4 aromatic rings. The van der Waals surface area contributed by atoms with Gasteiger partial charge in [0.05, 0.1) is 5.92 Å². The van der Waals surface area contributed by atoms with E-state index in [9.17, 15) is 23.1 Å². The zero-order chi connectivity index (χ0) is 26.4. The summed E-state index contributed by atoms with van der Waals surface area (Å²) in [5, 5.41) is 17.1. The van der Waals surface area contributed by atoms with Crippen LogP contribution in [0.4, 0.5) is 19.0 Å². The smallest absolute Gasteiger partial charge is 0.376 e. The van der Waals surface area contributed by atoms with E-state index in [0.29, 0.717) is 31.0 Å². The van der Waals surface area contributed by atoms with Crippen LogP contribution in [0.1, 0.15) is 23.6 Å². The van der Waals surface area contributed by atoms with Gasteiger partial charge in [-0.1, -0.05) is 54.1 Å². The molecular weight excluding hydrogens is 483 g/mol. The third kappa shape index (κ3) is 4.76. The van der Waals surface area contributed by atoms with E-state index in [1.165, 1.54) is 36.2 Å². The predicted molar refractivity (Wildman–Crippen MR) is 133 cm³/mol. The number of amides is 1. The fraction of sp³-hybridized carbons (Fsp3) is 0.296. The molecule has 1 unspecified atom stereocenters. The maximum absolute atomic E-state index is 13.2. The molecule has 0 aliphatic carbocycles. The number of hydrogen-bond acceptors (Lipinski definition) is 5. The number of rotatable bonds is 6. The Labute approximate surface area is 211 Å². The summed E-state index contributed by atoms with van der Waals surface area (Å²) >= 11 is 0. The lowest BCUT2D eigenvalue weighted by Gasteiger charge is -2.39. The van der Waals surface area contributed by atoms with Crippen LogP contribution in [0.5, 0.6) is 0 Å². The van der Waals surface area contributed by atoms with Crippen LogP contribution in [0.25, 0.3) is 16.6 Å². The summed E-state index contributed by atoms with van der Waals surface area (Å²) in [7, 11) is 0. The summed E-state index contributed by atoms with van der Waals surface area (Å²) in [6.45, 7) is 4.28. The summed E-state index contributed by atoms with van der Waals surface area (Å²) in [4.78, 5) is 19.0. The molecule has 10 heteroatoms. The number of hydrogen-bond donors (Lipinski definition) is 2. The van der Waals surface area contributed by atoms with Gasteiger partial charge in [-0.05, 0) is 36.6 Å². The van der Waals surface area contributed by atoms with Crippen LogP contribution in [-0.4, -0.2) is 44.9 Å². The molecule has 1 fully saturated rings. The number of fused-ring (bicyclic) bond motifs is 1. The van der Waals surface area contributed by atoms with Crippen molar-refractivity contribution in [2.45, 2.75) is 32.2 Å². The number of carbonyl (C=O) groups is 1. The Kier molecular flexibility index (Phi) is 6.15. The number of aromatic nitrogens is 3. The second kappa shape index (κ2) is 9.19. The molecule has 1 aliphatic heterocycles. The van der Waals surface area contributed by atoms with Crippen LogP contribution in [0.15, 0.2) is 67.1 Å². The van der Waals surface area contributed by atoms with Gasteiger partial charge in [-0.15, -0.1) is 0 Å². The fourth-order valence-corrected chi connectivity index (χ4v) is 4.33. The Hall–Kier alpha value is -3.92. The molecule has 7 nitrogen and oxygen atoms in total. The summed E-state index contributed by atoms with van der Waals surface area (Å²) < 4.78 is 41.1. The Balaban J connectivity index is 1.27. The molecule has 2 aromatic heterocycles. The zero-order valence-electron chi connectivity index (χ0n) is 20.3. The maximum atomic E-state index is 13.2. The van der Waals surface area contributed by atoms with Crippen LogP contribution in [-0.2, 0) is 16.9 Å². The van der Waals surface area contributed by atoms with E-state index in [0.717, 1.165) is 23.6 Å². The minimum absolute atomic E-state index is 0.00666. The quantitative estimate of drug-likeness (QED) is 0.407. The second-order valence-electron chi connectivity index (χ2n) is 9.59. The van der Waals surface area contributed by atoms with Crippen molar-refractivity contribution in [3.8, 4) is 11.1 Å². The molecule has 0 saturated carbocycles. The molecule has 1 amide bonds. The number of nitrogens with zero attached hydrogens (tertiary/aromatic N) is 4. The van der Waals surface area contributed by atoms with Gasteiger partial charge in [-0.2, -0.15) is 18.3 Å². The summed E-state index contributed by atoms with van der Waals surface area (Å²) in [6.07, 6.45) is -1.58. The molecule has 37 heavy (non-hydrogen) atoms. The highest BCUT2D eigenvalue weighted by Crippen LogP contribution is 2.39. The lowest BCUT2D eigenvalue weighted by Crippen LogP contribution is -2.54. The predicted octanol–water partition coefficient (Wildman–Crippen LogP) is 4.23. The van der Waals surface area contributed by atoms with Gasteiger partial charge in [0, 0.05) is 31.4 Å². The Morgan fingerprint density at radius 3 is 2.41 bits per heavy atom. The average Bonchev–Trinajstić information content (AvgIpc) is 3.27. The fourth-order valence-electron chi connectivity index (χ4n) is 4.33. The molecule has 5 rings (SSSR count). The van der Waals surface area contributed by atoms with Gasteiger partial charge in [0.1, 0.15) is 11.8 Å². The van der Waals surface area contributed by atoms with Gasteiger partial charge in [0.15, 0.2) is 11.4 Å². The van der Waals surface area contributed by atoms with Gasteiger partial charge in [0.25, 0.3) is 0 Å². The van der Waals surface area contributed by atoms with E-state index in [1.54, 1.807) is 10.7 Å². The van der Waals surface area contributed by atoms with Crippen molar-refractivity contribution in [3.05, 3.63) is 83.8 Å². The van der Waals surface area contributed by atoms with Gasteiger partial charge < -0.3 is 15.3 Å². The first-order valence-electron chi connectivity index (χ1n) is 11.8. The first-order valence-corrected chi connectivity index (χ1v) is 11.8. The number of aryl methyl sites for hydroxylation is 1. The standard InChI is InChI=1S/C27H26F3N5O2/c1-17-3-5-18(6-4-17)12-31-25(36)21-13-34(14-21)24-23-11-20(15-35(23)33-16-32-24)19-7-9-22(10-8-19)26(2,37)27(28,29)30/h3-11,15-16,21,37H,12-14H2,1-2H3,(H,31,36). The first-order chi connectivity index (χ1) is 17.5. The Morgan fingerprint density at radius 1 is 1.08 bits per heavy atom. The van der Waals surface area contributed by atoms with E-state index in [4.69, 9.17) is 0 Å². The van der Waals surface area contributed by atoms with Crippen molar-refractivity contribution in [1.29, 1.82) is 0 Å². The molecule has 192 valence electrons. The van der Waals surface area contributed by atoms with Crippen molar-refractivity contribution >= 4 is 17.2 Å². The van der Waals surface area contributed by atoms with Gasteiger partial charge in [-0.25, -0.2) is 9.50 Å². The van der Waals surface area contributed by atoms with Crippen molar-refractivity contribution in [3.63, 3.8) is 0 Å². The number of halogens is 3. The number of alkyl halides is 3. The lowest BCUT2D eigenvalue weighted by molar-refractivity contribution is -0.258. The SMILES string of the molecule is Cc1ccc(CNC(=O)C2CN(c3ncnn4cc(-c5ccc(C(C)(O)C(F)(F)F)cc5)cc34)C2)cc1. The van der Waals surface area contributed by atoms with Crippen molar-refractivity contribution in [2.24, 2.45) is 5.92 Å². The van der Waals surface area contributed by atoms with Crippen LogP contribution in [0.3, 0.4) is 0 Å². The van der Waals surface area contributed by atoms with E-state index in [2.05, 4.69) is 15.4 Å². The van der Waals surface area contributed by atoms with E-state index in [1.807, 2.05) is 42.2 Å². The number of aliphatic hydroxyl groups is 1. The minimum Gasteiger partial charge on any atom is -0.376 e. The third-order valence-corrected chi connectivity index (χ3v) is 6.86.